The van der Waals surface area contributed by atoms with E-state index in [1.165, 1.54) is 0 Å². The number of aromatic amines is 1. The third-order valence-electron chi connectivity index (χ3n) is 2.96. The molecule has 21 heavy (non-hydrogen) atoms. The topological polar surface area (TPSA) is 99.8 Å². The lowest BCUT2D eigenvalue weighted by Crippen LogP contribution is -1.95. The number of nitrogens with zero attached hydrogens (tertiary/aromatic N) is 2. The fraction of sp³-hybridized carbons (Fsp3) is 0. The fourth-order valence-electron chi connectivity index (χ4n) is 1.98. The van der Waals surface area contributed by atoms with Gasteiger partial charge in [0.2, 0.25) is 12.8 Å². The first-order valence-corrected chi connectivity index (χ1v) is 6.17. The molecule has 7 nitrogen and oxygen atoms in total. The maximum absolute atomic E-state index is 10.4. The second kappa shape index (κ2) is 5.41. The Hall–Kier alpha value is -3.22. The highest BCUT2D eigenvalue weighted by Gasteiger charge is 2.06. The summed E-state index contributed by atoms with van der Waals surface area (Å²) in [5, 5.41) is 5.06. The molecule has 2 heterocycles. The van der Waals surface area contributed by atoms with E-state index in [0.29, 0.717) is 35.7 Å². The number of aromatic nitrogens is 3. The Labute approximate surface area is 119 Å². The van der Waals surface area contributed by atoms with E-state index >= 15 is 0 Å². The number of carbonyl (C=O) groups is 2. The van der Waals surface area contributed by atoms with Gasteiger partial charge in [0.15, 0.2) is 0 Å². The first-order chi connectivity index (χ1) is 10.3. The van der Waals surface area contributed by atoms with Gasteiger partial charge < -0.3 is 15.6 Å². The van der Waals surface area contributed by atoms with Crippen molar-refractivity contribution in [3.63, 3.8) is 0 Å². The second-order valence-corrected chi connectivity index (χ2v) is 4.27. The van der Waals surface area contributed by atoms with Gasteiger partial charge >= 0.3 is 0 Å². The Morgan fingerprint density at radius 1 is 1.05 bits per heavy atom. The Morgan fingerprint density at radius 3 is 2.52 bits per heavy atom. The SMILES string of the molecule is O=CNc1ccc(-c2nc3cc(NC=O)ncc3[nH]2)cc1. The number of benzene rings is 1. The first-order valence-electron chi connectivity index (χ1n) is 6.17. The van der Waals surface area contributed by atoms with Crippen molar-refractivity contribution in [2.75, 3.05) is 10.6 Å². The standard InChI is InChI=1S/C14H11N5O2/c20-7-16-10-3-1-9(2-4-10)14-18-11-5-13(17-8-21)15-6-12(11)19-14/h1-8H,(H,16,20)(H,18,19)(H,15,17,21). The number of imidazole rings is 1. The molecule has 1 aromatic carbocycles. The van der Waals surface area contributed by atoms with E-state index in [9.17, 15) is 9.59 Å². The predicted molar refractivity (Wildman–Crippen MR) is 78.7 cm³/mol. The molecule has 0 unspecified atom stereocenters. The molecule has 0 aliphatic carbocycles. The summed E-state index contributed by atoms with van der Waals surface area (Å²) in [6.45, 7) is 0. The van der Waals surface area contributed by atoms with Crippen molar-refractivity contribution in [1.29, 1.82) is 0 Å². The van der Waals surface area contributed by atoms with E-state index in [-0.39, 0.29) is 0 Å². The molecule has 0 atom stereocenters. The Balaban J connectivity index is 1.96. The lowest BCUT2D eigenvalue weighted by Gasteiger charge is -1.99. The number of hydrogen-bond acceptors (Lipinski definition) is 4. The molecular formula is C14H11N5O2. The smallest absolute Gasteiger partial charge is 0.212 e. The van der Waals surface area contributed by atoms with E-state index in [1.807, 2.05) is 12.1 Å². The molecule has 3 N–H and O–H groups in total. The van der Waals surface area contributed by atoms with Crippen LogP contribution in [0.15, 0.2) is 36.5 Å². The number of rotatable bonds is 5. The Morgan fingerprint density at radius 2 is 1.81 bits per heavy atom. The van der Waals surface area contributed by atoms with Crippen LogP contribution in [0.1, 0.15) is 0 Å². The lowest BCUT2D eigenvalue weighted by molar-refractivity contribution is -0.106. The molecule has 104 valence electrons. The molecule has 0 bridgehead atoms. The zero-order chi connectivity index (χ0) is 14.7. The highest BCUT2D eigenvalue weighted by molar-refractivity contribution is 5.83. The van der Waals surface area contributed by atoms with E-state index in [4.69, 9.17) is 0 Å². The minimum Gasteiger partial charge on any atom is -0.337 e. The molecule has 7 heteroatoms. The van der Waals surface area contributed by atoms with Crippen molar-refractivity contribution in [3.05, 3.63) is 36.5 Å². The summed E-state index contributed by atoms with van der Waals surface area (Å²) in [7, 11) is 0. The Bertz CT molecular complexity index is 795. The molecule has 0 aliphatic heterocycles. The maximum Gasteiger partial charge on any atom is 0.212 e. The fourth-order valence-corrected chi connectivity index (χ4v) is 1.98. The number of amides is 2. The van der Waals surface area contributed by atoms with Crippen molar-refractivity contribution in [2.24, 2.45) is 0 Å². The molecule has 2 amide bonds. The Kier molecular flexibility index (Phi) is 3.30. The monoisotopic (exact) mass is 281 g/mol. The van der Waals surface area contributed by atoms with Gasteiger partial charge in [-0.25, -0.2) is 9.97 Å². The summed E-state index contributed by atoms with van der Waals surface area (Å²) >= 11 is 0. The van der Waals surface area contributed by atoms with Crippen molar-refractivity contribution in [3.8, 4) is 11.4 Å². The summed E-state index contributed by atoms with van der Waals surface area (Å²) in [5.41, 5.74) is 3.08. The van der Waals surface area contributed by atoms with Crippen LogP contribution in [0.2, 0.25) is 0 Å². The van der Waals surface area contributed by atoms with E-state index in [0.717, 1.165) is 11.1 Å². The minimum atomic E-state index is 0.445. The molecule has 3 rings (SSSR count). The van der Waals surface area contributed by atoms with Crippen molar-refractivity contribution in [2.45, 2.75) is 0 Å². The average Bonchev–Trinajstić information content (AvgIpc) is 2.92. The van der Waals surface area contributed by atoms with E-state index in [2.05, 4.69) is 25.6 Å². The number of fused-ring (bicyclic) bond motifs is 1. The zero-order valence-corrected chi connectivity index (χ0v) is 10.8. The number of pyridine rings is 1. The normalized spacial score (nSPS) is 10.3. The molecule has 0 spiro atoms. The number of H-pyrrole nitrogens is 1. The van der Waals surface area contributed by atoms with Gasteiger partial charge in [0, 0.05) is 17.3 Å². The summed E-state index contributed by atoms with van der Waals surface area (Å²) in [4.78, 5) is 32.5. The van der Waals surface area contributed by atoms with Gasteiger partial charge in [-0.15, -0.1) is 0 Å². The third-order valence-corrected chi connectivity index (χ3v) is 2.96. The van der Waals surface area contributed by atoms with E-state index in [1.54, 1.807) is 24.4 Å². The van der Waals surface area contributed by atoms with Gasteiger partial charge in [-0.05, 0) is 24.3 Å². The summed E-state index contributed by atoms with van der Waals surface area (Å²) < 4.78 is 0. The molecular weight excluding hydrogens is 270 g/mol. The van der Waals surface area contributed by atoms with Gasteiger partial charge in [-0.2, -0.15) is 0 Å². The lowest BCUT2D eigenvalue weighted by atomic mass is 10.2. The molecule has 2 aromatic heterocycles. The molecule has 0 radical (unpaired) electrons. The quantitative estimate of drug-likeness (QED) is 0.620. The zero-order valence-electron chi connectivity index (χ0n) is 10.8. The van der Waals surface area contributed by atoms with Crippen LogP contribution in [0, 0.1) is 0 Å². The number of hydrogen-bond donors (Lipinski definition) is 3. The van der Waals surface area contributed by atoms with Crippen LogP contribution in [0.25, 0.3) is 22.4 Å². The average molecular weight is 281 g/mol. The summed E-state index contributed by atoms with van der Waals surface area (Å²) in [6.07, 6.45) is 2.81. The van der Waals surface area contributed by atoms with Crippen LogP contribution < -0.4 is 10.6 Å². The molecule has 0 saturated heterocycles. The molecule has 0 aliphatic rings. The highest BCUT2D eigenvalue weighted by Crippen LogP contribution is 2.22. The van der Waals surface area contributed by atoms with Crippen LogP contribution in [0.5, 0.6) is 0 Å². The van der Waals surface area contributed by atoms with Gasteiger partial charge in [0.1, 0.15) is 11.6 Å². The van der Waals surface area contributed by atoms with Crippen LogP contribution in [-0.2, 0) is 9.59 Å². The van der Waals surface area contributed by atoms with Crippen LogP contribution in [-0.4, -0.2) is 27.8 Å². The second-order valence-electron chi connectivity index (χ2n) is 4.27. The maximum atomic E-state index is 10.4. The van der Waals surface area contributed by atoms with Crippen LogP contribution in [0.4, 0.5) is 11.5 Å². The third kappa shape index (κ3) is 2.57. The van der Waals surface area contributed by atoms with Crippen molar-refractivity contribution in [1.82, 2.24) is 15.0 Å². The summed E-state index contributed by atoms with van der Waals surface area (Å²) in [5.74, 6) is 1.13. The predicted octanol–water partition coefficient (Wildman–Crippen LogP) is 1.76. The highest BCUT2D eigenvalue weighted by atomic mass is 16.1. The van der Waals surface area contributed by atoms with Crippen molar-refractivity contribution < 1.29 is 9.59 Å². The summed E-state index contributed by atoms with van der Waals surface area (Å²) in [6, 6.07) is 8.96. The van der Waals surface area contributed by atoms with Gasteiger partial charge in [-0.1, -0.05) is 0 Å². The van der Waals surface area contributed by atoms with Crippen molar-refractivity contribution >= 4 is 35.4 Å². The van der Waals surface area contributed by atoms with Crippen LogP contribution >= 0.6 is 0 Å². The molecule has 0 saturated carbocycles. The molecule has 0 fully saturated rings. The van der Waals surface area contributed by atoms with E-state index < -0.39 is 0 Å². The van der Waals surface area contributed by atoms with Crippen LogP contribution in [0.3, 0.4) is 0 Å². The van der Waals surface area contributed by atoms with Gasteiger partial charge in [0.05, 0.1) is 17.2 Å². The largest absolute Gasteiger partial charge is 0.337 e. The van der Waals surface area contributed by atoms with Gasteiger partial charge in [0.25, 0.3) is 0 Å². The number of anilines is 2. The minimum absolute atomic E-state index is 0.445. The van der Waals surface area contributed by atoms with Gasteiger partial charge in [-0.3, -0.25) is 9.59 Å². The molecule has 3 aromatic rings. The number of nitrogens with one attached hydrogen (secondary N) is 3. The number of carbonyl (C=O) groups excluding carboxylic acids is 2. The first kappa shape index (κ1) is 12.8.